The predicted octanol–water partition coefficient (Wildman–Crippen LogP) is 14.1. The average Bonchev–Trinajstić information content (AvgIpc) is 3.20. The normalized spacial score (nSPS) is 13.8. The second kappa shape index (κ2) is 44.7. The SMILES string of the molecule is CC/C=C/C=C/C=C\C=C/CCCC(CC(=O)NC(CO)C(O)CCCCCCCCCCC)OC(=O)CCCCCCC/C=C/CCCCCCCCCCC. The molecule has 0 rings (SSSR count). The van der Waals surface area contributed by atoms with Gasteiger partial charge < -0.3 is 20.3 Å². The molecule has 0 aromatic heterocycles. The molecule has 330 valence electrons. The number of hydrogen-bond donors (Lipinski definition) is 3. The van der Waals surface area contributed by atoms with Crippen LogP contribution in [-0.2, 0) is 14.3 Å². The van der Waals surface area contributed by atoms with Crippen molar-refractivity contribution in [3.05, 3.63) is 60.8 Å². The van der Waals surface area contributed by atoms with Crippen molar-refractivity contribution in [2.75, 3.05) is 6.61 Å². The summed E-state index contributed by atoms with van der Waals surface area (Å²) in [7, 11) is 0. The lowest BCUT2D eigenvalue weighted by Gasteiger charge is -2.24. The Morgan fingerprint density at radius 3 is 1.51 bits per heavy atom. The molecule has 0 bridgehead atoms. The molecule has 6 heteroatoms. The number of carbonyl (C=O) groups excluding carboxylic acids is 2. The van der Waals surface area contributed by atoms with Crippen molar-refractivity contribution < 1.29 is 24.5 Å². The smallest absolute Gasteiger partial charge is 0.306 e. The van der Waals surface area contributed by atoms with Gasteiger partial charge in [0.25, 0.3) is 0 Å². The zero-order valence-corrected chi connectivity index (χ0v) is 37.5. The first kappa shape index (κ1) is 54.6. The van der Waals surface area contributed by atoms with Gasteiger partial charge in [-0.3, -0.25) is 9.59 Å². The van der Waals surface area contributed by atoms with Crippen LogP contribution in [0.1, 0.15) is 226 Å². The highest BCUT2D eigenvalue weighted by Gasteiger charge is 2.24. The fourth-order valence-electron chi connectivity index (χ4n) is 7.03. The van der Waals surface area contributed by atoms with Crippen LogP contribution in [0, 0.1) is 0 Å². The van der Waals surface area contributed by atoms with Crippen LogP contribution in [0.3, 0.4) is 0 Å². The minimum atomic E-state index is -0.805. The second-order valence-electron chi connectivity index (χ2n) is 16.2. The summed E-state index contributed by atoms with van der Waals surface area (Å²) in [5.41, 5.74) is 0. The Labute approximate surface area is 352 Å². The van der Waals surface area contributed by atoms with E-state index in [4.69, 9.17) is 4.74 Å². The van der Waals surface area contributed by atoms with Crippen molar-refractivity contribution in [2.45, 2.75) is 244 Å². The van der Waals surface area contributed by atoms with E-state index in [2.05, 4.69) is 50.4 Å². The van der Waals surface area contributed by atoms with Crippen LogP contribution < -0.4 is 5.32 Å². The van der Waals surface area contributed by atoms with Crippen molar-refractivity contribution in [3.8, 4) is 0 Å². The molecule has 0 saturated carbocycles. The van der Waals surface area contributed by atoms with E-state index in [1.165, 1.54) is 116 Å². The van der Waals surface area contributed by atoms with Gasteiger partial charge in [0.05, 0.1) is 25.2 Å². The Balaban J connectivity index is 4.59. The zero-order chi connectivity index (χ0) is 41.7. The van der Waals surface area contributed by atoms with E-state index in [0.717, 1.165) is 64.2 Å². The van der Waals surface area contributed by atoms with Crippen molar-refractivity contribution in [1.29, 1.82) is 0 Å². The Morgan fingerprint density at radius 2 is 0.982 bits per heavy atom. The lowest BCUT2D eigenvalue weighted by molar-refractivity contribution is -0.151. The molecule has 1 amide bonds. The molecule has 0 spiro atoms. The minimum absolute atomic E-state index is 0.0271. The maximum absolute atomic E-state index is 13.1. The molecule has 0 fully saturated rings. The Bertz CT molecular complexity index is 1030. The molecule has 0 saturated heterocycles. The van der Waals surface area contributed by atoms with Crippen LogP contribution in [0.15, 0.2) is 60.8 Å². The number of aliphatic hydroxyl groups is 2. The van der Waals surface area contributed by atoms with E-state index in [-0.39, 0.29) is 24.9 Å². The average molecular weight is 798 g/mol. The molecule has 6 nitrogen and oxygen atoms in total. The van der Waals surface area contributed by atoms with Gasteiger partial charge >= 0.3 is 5.97 Å². The maximum Gasteiger partial charge on any atom is 0.306 e. The summed E-state index contributed by atoms with van der Waals surface area (Å²) < 4.78 is 5.87. The quantitative estimate of drug-likeness (QED) is 0.0247. The lowest BCUT2D eigenvalue weighted by Crippen LogP contribution is -2.46. The first-order valence-electron chi connectivity index (χ1n) is 24.1. The highest BCUT2D eigenvalue weighted by atomic mass is 16.5. The third kappa shape index (κ3) is 40.1. The highest BCUT2D eigenvalue weighted by molar-refractivity contribution is 5.77. The molecule has 0 aromatic rings. The van der Waals surface area contributed by atoms with Gasteiger partial charge in [-0.2, -0.15) is 0 Å². The largest absolute Gasteiger partial charge is 0.462 e. The summed E-state index contributed by atoms with van der Waals surface area (Å²) in [5.74, 6) is -0.554. The topological polar surface area (TPSA) is 95.9 Å². The monoisotopic (exact) mass is 798 g/mol. The van der Waals surface area contributed by atoms with Gasteiger partial charge in [0.2, 0.25) is 5.91 Å². The summed E-state index contributed by atoms with van der Waals surface area (Å²) in [5, 5.41) is 23.6. The van der Waals surface area contributed by atoms with Gasteiger partial charge in [-0.15, -0.1) is 0 Å². The van der Waals surface area contributed by atoms with E-state index in [1.54, 1.807) is 0 Å². The number of amides is 1. The van der Waals surface area contributed by atoms with Gasteiger partial charge in [-0.05, 0) is 64.2 Å². The molecule has 0 heterocycles. The number of carbonyl (C=O) groups is 2. The Hall–Kier alpha value is -2.44. The van der Waals surface area contributed by atoms with Crippen LogP contribution in [-0.4, -0.2) is 46.9 Å². The van der Waals surface area contributed by atoms with Crippen LogP contribution in [0.4, 0.5) is 0 Å². The molecule has 0 radical (unpaired) electrons. The van der Waals surface area contributed by atoms with Crippen LogP contribution in [0.5, 0.6) is 0 Å². The Morgan fingerprint density at radius 1 is 0.526 bits per heavy atom. The van der Waals surface area contributed by atoms with Gasteiger partial charge in [-0.25, -0.2) is 0 Å². The molecule has 0 aliphatic rings. The van der Waals surface area contributed by atoms with Crippen molar-refractivity contribution in [2.24, 2.45) is 0 Å². The van der Waals surface area contributed by atoms with Crippen LogP contribution in [0.2, 0.25) is 0 Å². The van der Waals surface area contributed by atoms with Crippen molar-refractivity contribution >= 4 is 11.9 Å². The van der Waals surface area contributed by atoms with E-state index < -0.39 is 18.2 Å². The second-order valence-corrected chi connectivity index (χ2v) is 16.2. The number of rotatable bonds is 42. The number of hydrogen-bond acceptors (Lipinski definition) is 5. The summed E-state index contributed by atoms with van der Waals surface area (Å²) in [6, 6.07) is -0.723. The van der Waals surface area contributed by atoms with Gasteiger partial charge in [0, 0.05) is 6.42 Å². The van der Waals surface area contributed by atoms with E-state index in [0.29, 0.717) is 19.3 Å². The molecule has 0 aliphatic carbocycles. The Kier molecular flexibility index (Phi) is 42.7. The number of ether oxygens (including phenoxy) is 1. The number of aliphatic hydroxyl groups excluding tert-OH is 2. The number of unbranched alkanes of at least 4 members (excludes halogenated alkanes) is 23. The van der Waals surface area contributed by atoms with Gasteiger partial charge in [0.15, 0.2) is 0 Å². The summed E-state index contributed by atoms with van der Waals surface area (Å²) in [6.07, 6.45) is 54.4. The molecule has 3 atom stereocenters. The highest BCUT2D eigenvalue weighted by Crippen LogP contribution is 2.16. The maximum atomic E-state index is 13.1. The zero-order valence-electron chi connectivity index (χ0n) is 37.5. The molecule has 3 unspecified atom stereocenters. The van der Waals surface area contributed by atoms with Gasteiger partial charge in [0.1, 0.15) is 6.10 Å². The molecule has 0 aromatic carbocycles. The molecule has 57 heavy (non-hydrogen) atoms. The fourth-order valence-corrected chi connectivity index (χ4v) is 7.03. The summed E-state index contributed by atoms with van der Waals surface area (Å²) >= 11 is 0. The van der Waals surface area contributed by atoms with E-state index in [9.17, 15) is 19.8 Å². The van der Waals surface area contributed by atoms with Crippen molar-refractivity contribution in [1.82, 2.24) is 5.32 Å². The molecule has 3 N–H and O–H groups in total. The summed E-state index contributed by atoms with van der Waals surface area (Å²) in [4.78, 5) is 26.0. The first-order valence-corrected chi connectivity index (χ1v) is 24.1. The van der Waals surface area contributed by atoms with Crippen LogP contribution in [0.25, 0.3) is 0 Å². The first-order chi connectivity index (χ1) is 28.0. The molecular weight excluding hydrogens is 707 g/mol. The summed E-state index contributed by atoms with van der Waals surface area (Å²) in [6.45, 7) is 6.29. The number of nitrogens with one attached hydrogen (secondary N) is 1. The van der Waals surface area contributed by atoms with Crippen LogP contribution >= 0.6 is 0 Å². The number of esters is 1. The standard InChI is InChI=1S/C51H91NO5/c1-4-7-10-13-16-19-21-22-23-24-25-26-27-29-32-35-38-41-44-51(56)57-47(42-39-36-33-31-28-20-17-14-11-8-5-2)45-50(55)52-48(46-53)49(54)43-40-37-34-30-18-15-12-9-6-3/h8,11,14,17,20,25-26,28,31,33,47-49,53-54H,4-7,9-10,12-13,15-16,18-19,21-24,27,29-30,32,34-46H2,1-3H3,(H,52,55)/b11-8+,17-14+,26-25+,28-20-,33-31-. The third-order valence-corrected chi connectivity index (χ3v) is 10.7. The third-order valence-electron chi connectivity index (χ3n) is 10.7. The number of allylic oxidation sites excluding steroid dienone is 10. The minimum Gasteiger partial charge on any atom is -0.462 e. The van der Waals surface area contributed by atoms with E-state index >= 15 is 0 Å². The fraction of sp³-hybridized carbons (Fsp3) is 0.765. The molecular formula is C51H91NO5. The molecule has 0 aliphatic heterocycles. The van der Waals surface area contributed by atoms with Gasteiger partial charge in [-0.1, -0.05) is 210 Å². The van der Waals surface area contributed by atoms with E-state index in [1.807, 2.05) is 36.5 Å². The predicted molar refractivity (Wildman–Crippen MR) is 245 cm³/mol. The lowest BCUT2D eigenvalue weighted by atomic mass is 10.0. The van der Waals surface area contributed by atoms with Crippen molar-refractivity contribution in [3.63, 3.8) is 0 Å².